The van der Waals surface area contributed by atoms with Crippen molar-refractivity contribution >= 4 is 29.1 Å². The Kier molecular flexibility index (Phi) is 5.83. The molecule has 26 heavy (non-hydrogen) atoms. The Morgan fingerprint density at radius 1 is 1.08 bits per heavy atom. The quantitative estimate of drug-likeness (QED) is 0.631. The van der Waals surface area contributed by atoms with Gasteiger partial charge in [-0.2, -0.15) is 0 Å². The van der Waals surface area contributed by atoms with Crippen molar-refractivity contribution in [1.29, 1.82) is 0 Å². The summed E-state index contributed by atoms with van der Waals surface area (Å²) < 4.78 is 11.3. The number of thioether (sulfide) groups is 1. The zero-order valence-electron chi connectivity index (χ0n) is 14.8. The fourth-order valence-corrected chi connectivity index (χ4v) is 3.43. The van der Waals surface area contributed by atoms with Crippen LogP contribution in [0.1, 0.15) is 30.6 Å². The second-order valence-electron chi connectivity index (χ2n) is 6.05. The zero-order valence-corrected chi connectivity index (χ0v) is 15.6. The van der Waals surface area contributed by atoms with Crippen LogP contribution in [-0.4, -0.2) is 30.2 Å². The fraction of sp³-hybridized carbons (Fsp3) is 0.300. The summed E-state index contributed by atoms with van der Waals surface area (Å²) in [5, 5.41) is 2.56. The van der Waals surface area contributed by atoms with Gasteiger partial charge in [0.2, 0.25) is 5.91 Å². The number of amides is 1. The van der Waals surface area contributed by atoms with Crippen molar-refractivity contribution in [3.05, 3.63) is 48.0 Å². The van der Waals surface area contributed by atoms with Crippen molar-refractivity contribution in [1.82, 2.24) is 0 Å². The first-order chi connectivity index (χ1) is 12.5. The van der Waals surface area contributed by atoms with Gasteiger partial charge in [0.25, 0.3) is 0 Å². The average Bonchev–Trinajstić information content (AvgIpc) is 2.86. The van der Waals surface area contributed by atoms with Crippen LogP contribution in [0.25, 0.3) is 0 Å². The van der Waals surface area contributed by atoms with Crippen LogP contribution >= 0.6 is 11.8 Å². The summed E-state index contributed by atoms with van der Waals surface area (Å²) in [6.07, 6.45) is 0.856. The smallest absolute Gasteiger partial charge is 0.237 e. The molecule has 1 aliphatic heterocycles. The minimum Gasteiger partial charge on any atom is -0.490 e. The van der Waals surface area contributed by atoms with Crippen molar-refractivity contribution in [2.24, 2.45) is 0 Å². The number of carbonyl (C=O) groups is 2. The summed E-state index contributed by atoms with van der Waals surface area (Å²) in [4.78, 5) is 24.9. The summed E-state index contributed by atoms with van der Waals surface area (Å²) in [6, 6.07) is 12.7. The molecule has 3 rings (SSSR count). The monoisotopic (exact) mass is 371 g/mol. The van der Waals surface area contributed by atoms with Gasteiger partial charge in [-0.1, -0.05) is 12.1 Å². The number of ether oxygens (including phenoxy) is 2. The number of benzene rings is 2. The molecule has 1 heterocycles. The molecule has 2 aromatic carbocycles. The molecule has 5 nitrogen and oxygen atoms in total. The minimum absolute atomic E-state index is 0.0317. The Labute approximate surface area is 157 Å². The molecule has 0 saturated carbocycles. The van der Waals surface area contributed by atoms with Crippen LogP contribution < -0.4 is 14.8 Å². The highest BCUT2D eigenvalue weighted by atomic mass is 32.2. The van der Waals surface area contributed by atoms with Gasteiger partial charge < -0.3 is 14.8 Å². The third-order valence-corrected chi connectivity index (χ3v) is 5.03. The summed E-state index contributed by atoms with van der Waals surface area (Å²) >= 11 is 1.45. The second-order valence-corrected chi connectivity index (χ2v) is 7.46. The Bertz CT molecular complexity index is 821. The number of Topliss-reactive ketones (excluding diaryl/α,β-unsaturated/α-hetero) is 1. The number of hydrogen-bond acceptors (Lipinski definition) is 5. The zero-order chi connectivity index (χ0) is 18.5. The molecular formula is C20H21NO4S. The normalized spacial score (nSPS) is 14.2. The first-order valence-electron chi connectivity index (χ1n) is 8.51. The Hall–Kier alpha value is -2.47. The van der Waals surface area contributed by atoms with Gasteiger partial charge >= 0.3 is 0 Å². The summed E-state index contributed by atoms with van der Waals surface area (Å²) in [6.45, 7) is 4.63. The maximum atomic E-state index is 12.5. The van der Waals surface area contributed by atoms with E-state index < -0.39 is 0 Å². The highest BCUT2D eigenvalue weighted by Gasteiger charge is 2.17. The fourth-order valence-electron chi connectivity index (χ4n) is 2.53. The van der Waals surface area contributed by atoms with Gasteiger partial charge in [-0.05, 0) is 44.2 Å². The Morgan fingerprint density at radius 2 is 1.85 bits per heavy atom. The molecule has 6 heteroatoms. The molecular weight excluding hydrogens is 350 g/mol. The van der Waals surface area contributed by atoms with Crippen LogP contribution in [0.2, 0.25) is 0 Å². The molecule has 1 atom stereocenters. The van der Waals surface area contributed by atoms with E-state index in [-0.39, 0.29) is 16.9 Å². The van der Waals surface area contributed by atoms with E-state index in [1.807, 2.05) is 25.1 Å². The molecule has 0 spiro atoms. The second kappa shape index (κ2) is 8.27. The molecule has 0 saturated heterocycles. The van der Waals surface area contributed by atoms with Crippen LogP contribution in [-0.2, 0) is 4.79 Å². The third-order valence-electron chi connectivity index (χ3n) is 3.94. The highest BCUT2D eigenvalue weighted by Crippen LogP contribution is 2.35. The summed E-state index contributed by atoms with van der Waals surface area (Å²) in [7, 11) is 0. The number of fused-ring (bicyclic) bond motifs is 1. The lowest BCUT2D eigenvalue weighted by Crippen LogP contribution is -2.22. The minimum atomic E-state index is -0.305. The maximum absolute atomic E-state index is 12.5. The van der Waals surface area contributed by atoms with E-state index in [9.17, 15) is 9.59 Å². The molecule has 1 N–H and O–H groups in total. The van der Waals surface area contributed by atoms with Crippen LogP contribution in [0.15, 0.2) is 47.4 Å². The number of ketones is 1. The summed E-state index contributed by atoms with van der Waals surface area (Å²) in [5.74, 6) is 1.30. The number of rotatable bonds is 5. The van der Waals surface area contributed by atoms with Crippen molar-refractivity contribution in [2.75, 3.05) is 18.5 Å². The van der Waals surface area contributed by atoms with E-state index in [1.54, 1.807) is 24.3 Å². The van der Waals surface area contributed by atoms with Gasteiger partial charge in [0.1, 0.15) is 0 Å². The molecule has 0 radical (unpaired) electrons. The molecule has 1 aliphatic rings. The third kappa shape index (κ3) is 4.58. The molecule has 0 fully saturated rings. The van der Waals surface area contributed by atoms with Crippen molar-refractivity contribution < 1.29 is 19.1 Å². The first kappa shape index (κ1) is 18.3. The number of nitrogens with one attached hydrogen (secondary N) is 1. The van der Waals surface area contributed by atoms with Crippen molar-refractivity contribution in [2.45, 2.75) is 30.4 Å². The summed E-state index contributed by atoms with van der Waals surface area (Å²) in [5.41, 5.74) is 1.19. The standard InChI is InChI=1S/C20H21NO4S/c1-13(22)15-5-3-6-16(11-15)21-20(23)14(2)26-17-7-8-18-19(12-17)25-10-4-9-24-18/h3,5-8,11-12,14H,4,9-10H2,1-2H3,(H,21,23)/t14-/m0/s1. The van der Waals surface area contributed by atoms with E-state index in [1.165, 1.54) is 18.7 Å². The number of carbonyl (C=O) groups excluding carboxylic acids is 2. The van der Waals surface area contributed by atoms with Crippen LogP contribution in [0.5, 0.6) is 11.5 Å². The van der Waals surface area contributed by atoms with E-state index in [0.717, 1.165) is 17.1 Å². The molecule has 136 valence electrons. The highest BCUT2D eigenvalue weighted by molar-refractivity contribution is 8.00. The maximum Gasteiger partial charge on any atom is 0.237 e. The molecule has 0 unspecified atom stereocenters. The van der Waals surface area contributed by atoms with Gasteiger partial charge in [-0.15, -0.1) is 11.8 Å². The average molecular weight is 371 g/mol. The topological polar surface area (TPSA) is 64.6 Å². The van der Waals surface area contributed by atoms with Crippen molar-refractivity contribution in [3.8, 4) is 11.5 Å². The molecule has 0 bridgehead atoms. The number of anilines is 1. The predicted octanol–water partition coefficient (Wildman–Crippen LogP) is 4.17. The van der Waals surface area contributed by atoms with Gasteiger partial charge in [-0.25, -0.2) is 0 Å². The van der Waals surface area contributed by atoms with Gasteiger partial charge in [0.05, 0.1) is 18.5 Å². The van der Waals surface area contributed by atoms with E-state index in [0.29, 0.717) is 30.2 Å². The number of hydrogen-bond donors (Lipinski definition) is 1. The lowest BCUT2D eigenvalue weighted by Gasteiger charge is -2.14. The molecule has 2 aromatic rings. The van der Waals surface area contributed by atoms with E-state index >= 15 is 0 Å². The lowest BCUT2D eigenvalue weighted by molar-refractivity contribution is -0.115. The van der Waals surface area contributed by atoms with E-state index in [4.69, 9.17) is 9.47 Å². The van der Waals surface area contributed by atoms with Gasteiger partial charge in [-0.3, -0.25) is 9.59 Å². The first-order valence-corrected chi connectivity index (χ1v) is 9.39. The van der Waals surface area contributed by atoms with E-state index in [2.05, 4.69) is 5.32 Å². The van der Waals surface area contributed by atoms with Gasteiger partial charge in [0, 0.05) is 22.6 Å². The molecule has 0 aromatic heterocycles. The van der Waals surface area contributed by atoms with Crippen LogP contribution in [0.4, 0.5) is 5.69 Å². The van der Waals surface area contributed by atoms with Crippen molar-refractivity contribution in [3.63, 3.8) is 0 Å². The lowest BCUT2D eigenvalue weighted by atomic mass is 10.1. The molecule has 0 aliphatic carbocycles. The van der Waals surface area contributed by atoms with Crippen LogP contribution in [0.3, 0.4) is 0 Å². The molecule has 1 amide bonds. The largest absolute Gasteiger partial charge is 0.490 e. The Morgan fingerprint density at radius 3 is 2.62 bits per heavy atom. The predicted molar refractivity (Wildman–Crippen MR) is 102 cm³/mol. The van der Waals surface area contributed by atoms with Gasteiger partial charge in [0.15, 0.2) is 17.3 Å². The SMILES string of the molecule is CC(=O)c1cccc(NC(=O)[C@H](C)Sc2ccc3c(c2)OCCCO3)c1. The van der Waals surface area contributed by atoms with Crippen LogP contribution in [0, 0.1) is 0 Å². The Balaban J connectivity index is 1.65.